The molecule has 0 aliphatic carbocycles. The van der Waals surface area contributed by atoms with Crippen molar-refractivity contribution in [3.8, 4) is 0 Å². The summed E-state index contributed by atoms with van der Waals surface area (Å²) in [5, 5.41) is 9.91. The smallest absolute Gasteiger partial charge is 0.214 e. The summed E-state index contributed by atoms with van der Waals surface area (Å²) in [6, 6.07) is 9.12. The standard InChI is InChI=1S/C11H15NO3S/c13-11(10-5-2-1-3-6-10)9-12-7-4-8-16(12,14)15/h1-3,5-6,11,13H,4,7-9H2. The van der Waals surface area contributed by atoms with Crippen LogP contribution >= 0.6 is 0 Å². The molecule has 88 valence electrons. The van der Waals surface area contributed by atoms with Crippen molar-refractivity contribution in [3.63, 3.8) is 0 Å². The number of nitrogens with zero attached hydrogens (tertiary/aromatic N) is 1. The summed E-state index contributed by atoms with van der Waals surface area (Å²) in [5.74, 6) is 0.203. The lowest BCUT2D eigenvalue weighted by Gasteiger charge is -2.18. The summed E-state index contributed by atoms with van der Waals surface area (Å²) < 4.78 is 24.5. The van der Waals surface area contributed by atoms with Gasteiger partial charge in [-0.3, -0.25) is 0 Å². The summed E-state index contributed by atoms with van der Waals surface area (Å²) in [6.45, 7) is 0.679. The van der Waals surface area contributed by atoms with E-state index >= 15 is 0 Å². The van der Waals surface area contributed by atoms with E-state index < -0.39 is 16.1 Å². The molecule has 0 spiro atoms. The molecule has 1 heterocycles. The fourth-order valence-corrected chi connectivity index (χ4v) is 3.40. The Balaban J connectivity index is 2.06. The van der Waals surface area contributed by atoms with Crippen molar-refractivity contribution in [1.29, 1.82) is 0 Å². The number of benzene rings is 1. The Morgan fingerprint density at radius 1 is 1.31 bits per heavy atom. The first kappa shape index (κ1) is 11.6. The summed E-state index contributed by atoms with van der Waals surface area (Å²) in [6.07, 6.45) is -0.0850. The van der Waals surface area contributed by atoms with Crippen LogP contribution in [0.1, 0.15) is 18.1 Å². The summed E-state index contributed by atoms with van der Waals surface area (Å²) in [7, 11) is -3.12. The molecule has 1 atom stereocenters. The minimum absolute atomic E-state index is 0.159. The van der Waals surface area contributed by atoms with Crippen molar-refractivity contribution in [2.45, 2.75) is 12.5 Å². The molecule has 0 bridgehead atoms. The number of aliphatic hydroxyl groups excluding tert-OH is 1. The third kappa shape index (κ3) is 2.42. The summed E-state index contributed by atoms with van der Waals surface area (Å²) in [5.41, 5.74) is 0.754. The van der Waals surface area contributed by atoms with E-state index in [2.05, 4.69) is 0 Å². The van der Waals surface area contributed by atoms with Crippen LogP contribution in [0.15, 0.2) is 30.3 Å². The highest BCUT2D eigenvalue weighted by Crippen LogP contribution is 2.19. The molecule has 1 aliphatic heterocycles. The second-order valence-corrected chi connectivity index (χ2v) is 6.04. The normalized spacial score (nSPS) is 22.1. The summed E-state index contributed by atoms with van der Waals surface area (Å²) in [4.78, 5) is 0. The Kier molecular flexibility index (Phi) is 3.28. The van der Waals surface area contributed by atoms with Gasteiger partial charge in [-0.2, -0.15) is 4.31 Å². The largest absolute Gasteiger partial charge is 0.387 e. The Hall–Kier alpha value is -0.910. The van der Waals surface area contributed by atoms with E-state index in [4.69, 9.17) is 0 Å². The second-order valence-electron chi connectivity index (χ2n) is 3.95. The molecule has 1 aromatic carbocycles. The Bertz CT molecular complexity index is 444. The first-order valence-electron chi connectivity index (χ1n) is 5.30. The molecule has 0 radical (unpaired) electrons. The third-order valence-corrected chi connectivity index (χ3v) is 4.69. The Morgan fingerprint density at radius 2 is 2.00 bits per heavy atom. The zero-order chi connectivity index (χ0) is 11.6. The molecule has 4 nitrogen and oxygen atoms in total. The molecule has 2 rings (SSSR count). The molecular formula is C11H15NO3S. The lowest BCUT2D eigenvalue weighted by atomic mass is 10.1. The molecule has 1 saturated heterocycles. The molecule has 1 fully saturated rings. The van der Waals surface area contributed by atoms with Gasteiger partial charge in [0.1, 0.15) is 0 Å². The maximum Gasteiger partial charge on any atom is 0.214 e. The van der Waals surface area contributed by atoms with Crippen molar-refractivity contribution in [3.05, 3.63) is 35.9 Å². The van der Waals surface area contributed by atoms with Gasteiger partial charge in [0.25, 0.3) is 0 Å². The van der Waals surface area contributed by atoms with Crippen molar-refractivity contribution >= 4 is 10.0 Å². The van der Waals surface area contributed by atoms with Gasteiger partial charge in [-0.05, 0) is 12.0 Å². The Morgan fingerprint density at radius 3 is 2.56 bits per heavy atom. The fraction of sp³-hybridized carbons (Fsp3) is 0.455. The van der Waals surface area contributed by atoms with Crippen LogP contribution in [0, 0.1) is 0 Å². The van der Waals surface area contributed by atoms with Gasteiger partial charge in [0.15, 0.2) is 0 Å². The van der Waals surface area contributed by atoms with Crippen LogP contribution in [-0.4, -0.2) is 36.7 Å². The van der Waals surface area contributed by atoms with Crippen molar-refractivity contribution < 1.29 is 13.5 Å². The molecule has 16 heavy (non-hydrogen) atoms. The monoisotopic (exact) mass is 241 g/mol. The average molecular weight is 241 g/mol. The third-order valence-electron chi connectivity index (χ3n) is 2.76. The molecule has 1 aromatic rings. The molecule has 1 aliphatic rings. The molecule has 0 aromatic heterocycles. The van der Waals surface area contributed by atoms with E-state index in [1.54, 1.807) is 12.1 Å². The number of rotatable bonds is 3. The molecule has 0 amide bonds. The lowest BCUT2D eigenvalue weighted by Crippen LogP contribution is -2.30. The van der Waals surface area contributed by atoms with Crippen molar-refractivity contribution in [2.75, 3.05) is 18.8 Å². The Labute approximate surface area is 95.6 Å². The van der Waals surface area contributed by atoms with Gasteiger partial charge in [0.05, 0.1) is 11.9 Å². The lowest BCUT2D eigenvalue weighted by molar-refractivity contribution is 0.150. The minimum Gasteiger partial charge on any atom is -0.387 e. The van der Waals surface area contributed by atoms with Gasteiger partial charge in [0, 0.05) is 13.1 Å². The average Bonchev–Trinajstić information content (AvgIpc) is 2.59. The quantitative estimate of drug-likeness (QED) is 0.849. The van der Waals surface area contributed by atoms with Gasteiger partial charge in [0.2, 0.25) is 10.0 Å². The maximum atomic E-state index is 11.5. The van der Waals surface area contributed by atoms with E-state index in [1.807, 2.05) is 18.2 Å². The predicted octanol–water partition coefficient (Wildman–Crippen LogP) is 0.756. The highest BCUT2D eigenvalue weighted by molar-refractivity contribution is 7.89. The highest BCUT2D eigenvalue weighted by Gasteiger charge is 2.29. The number of hydrogen-bond acceptors (Lipinski definition) is 3. The predicted molar refractivity (Wildman–Crippen MR) is 61.4 cm³/mol. The van der Waals surface area contributed by atoms with Crippen LogP contribution in [0.4, 0.5) is 0 Å². The number of hydrogen-bond donors (Lipinski definition) is 1. The van der Waals surface area contributed by atoms with Gasteiger partial charge in [-0.25, -0.2) is 8.42 Å². The van der Waals surface area contributed by atoms with E-state index in [1.165, 1.54) is 4.31 Å². The number of aliphatic hydroxyl groups is 1. The maximum absolute atomic E-state index is 11.5. The van der Waals surface area contributed by atoms with Gasteiger partial charge < -0.3 is 5.11 Å². The van der Waals surface area contributed by atoms with E-state index in [-0.39, 0.29) is 12.3 Å². The topological polar surface area (TPSA) is 57.6 Å². The van der Waals surface area contributed by atoms with E-state index in [0.29, 0.717) is 13.0 Å². The number of β-amino-alcohol motifs (C(OH)–C–C–N with tert-alkyl or cyclic N) is 1. The van der Waals surface area contributed by atoms with Crippen LogP contribution in [-0.2, 0) is 10.0 Å². The molecule has 1 N–H and O–H groups in total. The zero-order valence-corrected chi connectivity index (χ0v) is 9.73. The first-order valence-corrected chi connectivity index (χ1v) is 6.91. The van der Waals surface area contributed by atoms with Crippen LogP contribution in [0.2, 0.25) is 0 Å². The second kappa shape index (κ2) is 4.53. The minimum atomic E-state index is -3.12. The van der Waals surface area contributed by atoms with Crippen LogP contribution < -0.4 is 0 Å². The SMILES string of the molecule is O=S1(=O)CCCN1CC(O)c1ccccc1. The zero-order valence-electron chi connectivity index (χ0n) is 8.91. The van der Waals surface area contributed by atoms with E-state index in [9.17, 15) is 13.5 Å². The van der Waals surface area contributed by atoms with Gasteiger partial charge in [-0.15, -0.1) is 0 Å². The van der Waals surface area contributed by atoms with Crippen molar-refractivity contribution in [1.82, 2.24) is 4.31 Å². The fourth-order valence-electron chi connectivity index (χ4n) is 1.87. The van der Waals surface area contributed by atoms with Gasteiger partial charge >= 0.3 is 0 Å². The van der Waals surface area contributed by atoms with Gasteiger partial charge in [-0.1, -0.05) is 30.3 Å². The van der Waals surface area contributed by atoms with E-state index in [0.717, 1.165) is 5.56 Å². The first-order chi connectivity index (χ1) is 7.59. The molecule has 0 saturated carbocycles. The summed E-state index contributed by atoms with van der Waals surface area (Å²) >= 11 is 0. The molecule has 5 heteroatoms. The van der Waals surface area contributed by atoms with Crippen molar-refractivity contribution in [2.24, 2.45) is 0 Å². The van der Waals surface area contributed by atoms with Crippen LogP contribution in [0.5, 0.6) is 0 Å². The van der Waals surface area contributed by atoms with Crippen LogP contribution in [0.3, 0.4) is 0 Å². The van der Waals surface area contributed by atoms with Crippen LogP contribution in [0.25, 0.3) is 0 Å². The molecule has 1 unspecified atom stereocenters. The molecular weight excluding hydrogens is 226 g/mol. The highest BCUT2D eigenvalue weighted by atomic mass is 32.2. The number of sulfonamides is 1.